The Morgan fingerprint density at radius 3 is 2.64 bits per heavy atom. The molecule has 2 aliphatic rings. The molecule has 0 radical (unpaired) electrons. The van der Waals surface area contributed by atoms with Crippen molar-refractivity contribution in [2.45, 2.75) is 36.8 Å². The highest BCUT2D eigenvalue weighted by Crippen LogP contribution is 2.19. The number of ether oxygens (including phenoxy) is 1. The van der Waals surface area contributed by atoms with Gasteiger partial charge >= 0.3 is 0 Å². The van der Waals surface area contributed by atoms with Crippen molar-refractivity contribution in [2.24, 2.45) is 0 Å². The zero-order chi connectivity index (χ0) is 15.6. The predicted octanol–water partition coefficient (Wildman–Crippen LogP) is 1.27. The lowest BCUT2D eigenvalue weighted by atomic mass is 10.2. The lowest BCUT2D eigenvalue weighted by Gasteiger charge is -2.15. The molecule has 1 unspecified atom stereocenters. The van der Waals surface area contributed by atoms with Crippen molar-refractivity contribution in [3.63, 3.8) is 0 Å². The van der Waals surface area contributed by atoms with E-state index < -0.39 is 9.84 Å². The zero-order valence-electron chi connectivity index (χ0n) is 12.4. The summed E-state index contributed by atoms with van der Waals surface area (Å²) in [6, 6.07) is 2.98. The van der Waals surface area contributed by atoms with Crippen LogP contribution in [0, 0.1) is 0 Å². The number of aromatic nitrogens is 1. The second-order valence-corrected chi connectivity index (χ2v) is 7.78. The van der Waals surface area contributed by atoms with Gasteiger partial charge in [0.05, 0.1) is 17.4 Å². The maximum Gasteiger partial charge on any atom is 0.255 e. The second kappa shape index (κ2) is 6.34. The molecule has 0 aliphatic carbocycles. The number of nitrogens with zero attached hydrogens (tertiary/aromatic N) is 2. The summed E-state index contributed by atoms with van der Waals surface area (Å²) in [4.78, 5) is 18.0. The van der Waals surface area contributed by atoms with Crippen molar-refractivity contribution in [1.29, 1.82) is 0 Å². The van der Waals surface area contributed by atoms with Crippen molar-refractivity contribution in [3.8, 4) is 0 Å². The van der Waals surface area contributed by atoms with Crippen molar-refractivity contribution >= 4 is 15.7 Å². The van der Waals surface area contributed by atoms with E-state index in [1.165, 1.54) is 12.3 Å². The highest BCUT2D eigenvalue weighted by molar-refractivity contribution is 7.91. The first kappa shape index (κ1) is 15.4. The number of likely N-dealkylation sites (tertiary alicyclic amines) is 1. The highest BCUT2D eigenvalue weighted by atomic mass is 32.2. The largest absolute Gasteiger partial charge is 0.377 e. The van der Waals surface area contributed by atoms with E-state index in [0.717, 1.165) is 38.8 Å². The molecule has 120 valence electrons. The summed E-state index contributed by atoms with van der Waals surface area (Å²) in [5.41, 5.74) is 0.443. The Kier molecular flexibility index (Phi) is 4.44. The third kappa shape index (κ3) is 3.30. The molecule has 1 aromatic heterocycles. The molecule has 0 spiro atoms. The van der Waals surface area contributed by atoms with Gasteiger partial charge in [0.2, 0.25) is 0 Å². The first-order valence-electron chi connectivity index (χ1n) is 7.66. The molecule has 0 N–H and O–H groups in total. The van der Waals surface area contributed by atoms with Gasteiger partial charge in [-0.05, 0) is 37.8 Å². The number of pyridine rings is 1. The summed E-state index contributed by atoms with van der Waals surface area (Å²) in [6.45, 7) is 2.15. The number of sulfone groups is 1. The van der Waals surface area contributed by atoms with Crippen molar-refractivity contribution in [3.05, 3.63) is 23.9 Å². The summed E-state index contributed by atoms with van der Waals surface area (Å²) in [5.74, 6) is -0.118. The van der Waals surface area contributed by atoms with Crippen LogP contribution in [0.25, 0.3) is 0 Å². The van der Waals surface area contributed by atoms with Crippen LogP contribution >= 0.6 is 0 Å². The Balaban J connectivity index is 1.71. The fourth-order valence-electron chi connectivity index (χ4n) is 2.90. The maximum absolute atomic E-state index is 12.3. The van der Waals surface area contributed by atoms with E-state index >= 15 is 0 Å². The normalized spacial score (nSPS) is 22.2. The number of hydrogen-bond acceptors (Lipinski definition) is 5. The van der Waals surface area contributed by atoms with Crippen LogP contribution in [-0.2, 0) is 14.6 Å². The fourth-order valence-corrected chi connectivity index (χ4v) is 4.31. The molecule has 1 atom stereocenters. The van der Waals surface area contributed by atoms with Crippen LogP contribution in [0.1, 0.15) is 36.0 Å². The van der Waals surface area contributed by atoms with Crippen LogP contribution in [0.4, 0.5) is 0 Å². The van der Waals surface area contributed by atoms with Gasteiger partial charge in [-0.25, -0.2) is 13.4 Å². The van der Waals surface area contributed by atoms with Crippen LogP contribution in [0.5, 0.6) is 0 Å². The molecule has 2 aliphatic heterocycles. The van der Waals surface area contributed by atoms with Gasteiger partial charge in [-0.3, -0.25) is 4.79 Å². The van der Waals surface area contributed by atoms with Crippen LogP contribution in [0.2, 0.25) is 0 Å². The van der Waals surface area contributed by atoms with Crippen molar-refractivity contribution < 1.29 is 17.9 Å². The Bertz CT molecular complexity index is 630. The molecule has 2 saturated heterocycles. The SMILES string of the molecule is O=C(c1ccc(S(=O)(=O)CC2CCCO2)nc1)N1CCCC1. The van der Waals surface area contributed by atoms with Gasteiger partial charge in [-0.2, -0.15) is 0 Å². The molecule has 3 heterocycles. The third-order valence-electron chi connectivity index (χ3n) is 4.12. The molecular weight excluding hydrogens is 304 g/mol. The van der Waals surface area contributed by atoms with Crippen molar-refractivity contribution in [1.82, 2.24) is 9.88 Å². The average Bonchev–Trinajstić information content (AvgIpc) is 3.19. The molecule has 7 heteroatoms. The quantitative estimate of drug-likeness (QED) is 0.833. The topological polar surface area (TPSA) is 76.6 Å². The van der Waals surface area contributed by atoms with E-state index in [-0.39, 0.29) is 22.8 Å². The lowest BCUT2D eigenvalue weighted by molar-refractivity contribution is 0.0792. The summed E-state index contributed by atoms with van der Waals surface area (Å²) in [5, 5.41) is 0.0148. The van der Waals surface area contributed by atoms with Crippen LogP contribution in [-0.4, -0.2) is 55.8 Å². The Hall–Kier alpha value is -1.47. The van der Waals surface area contributed by atoms with E-state index in [2.05, 4.69) is 4.98 Å². The average molecular weight is 324 g/mol. The smallest absolute Gasteiger partial charge is 0.255 e. The van der Waals surface area contributed by atoms with E-state index in [1.807, 2.05) is 0 Å². The van der Waals surface area contributed by atoms with Gasteiger partial charge in [-0.15, -0.1) is 0 Å². The van der Waals surface area contributed by atoms with E-state index in [1.54, 1.807) is 11.0 Å². The van der Waals surface area contributed by atoms with Crippen molar-refractivity contribution in [2.75, 3.05) is 25.4 Å². The molecular formula is C15H20N2O4S. The van der Waals surface area contributed by atoms with Gasteiger partial charge in [0.25, 0.3) is 5.91 Å². The van der Waals surface area contributed by atoms with E-state index in [9.17, 15) is 13.2 Å². The lowest BCUT2D eigenvalue weighted by Crippen LogP contribution is -2.28. The van der Waals surface area contributed by atoms with Gasteiger partial charge in [-0.1, -0.05) is 0 Å². The standard InChI is InChI=1S/C15H20N2O4S/c18-15(17-7-1-2-8-17)12-5-6-14(16-10-12)22(19,20)11-13-4-3-9-21-13/h5-6,10,13H,1-4,7-9,11H2. The molecule has 3 rings (SSSR count). The third-order valence-corrected chi connectivity index (χ3v) is 5.81. The van der Waals surface area contributed by atoms with Crippen LogP contribution in [0.15, 0.2) is 23.4 Å². The van der Waals surface area contributed by atoms with E-state index in [4.69, 9.17) is 4.74 Å². The summed E-state index contributed by atoms with van der Waals surface area (Å²) in [7, 11) is -3.47. The summed E-state index contributed by atoms with van der Waals surface area (Å²) in [6.07, 6.45) is 4.84. The molecule has 2 fully saturated rings. The first-order valence-corrected chi connectivity index (χ1v) is 9.31. The number of carbonyl (C=O) groups excluding carboxylic acids is 1. The maximum atomic E-state index is 12.3. The molecule has 6 nitrogen and oxygen atoms in total. The molecule has 0 bridgehead atoms. The first-order chi connectivity index (χ1) is 10.6. The molecule has 22 heavy (non-hydrogen) atoms. The van der Waals surface area contributed by atoms with Gasteiger partial charge in [0, 0.05) is 25.9 Å². The molecule has 1 amide bonds. The minimum atomic E-state index is -3.47. The Morgan fingerprint density at radius 1 is 1.27 bits per heavy atom. The van der Waals surface area contributed by atoms with Crippen LogP contribution < -0.4 is 0 Å². The van der Waals surface area contributed by atoms with Gasteiger partial charge < -0.3 is 9.64 Å². The van der Waals surface area contributed by atoms with Gasteiger partial charge in [0.1, 0.15) is 0 Å². The fraction of sp³-hybridized carbons (Fsp3) is 0.600. The molecule has 1 aromatic rings. The Morgan fingerprint density at radius 2 is 2.05 bits per heavy atom. The minimum Gasteiger partial charge on any atom is -0.377 e. The second-order valence-electron chi connectivity index (χ2n) is 5.80. The summed E-state index contributed by atoms with van der Waals surface area (Å²) >= 11 is 0. The number of carbonyl (C=O) groups is 1. The minimum absolute atomic E-state index is 0.0148. The molecule has 0 aromatic carbocycles. The number of rotatable bonds is 4. The number of amides is 1. The predicted molar refractivity (Wildman–Crippen MR) is 80.4 cm³/mol. The monoisotopic (exact) mass is 324 g/mol. The Labute approximate surface area is 130 Å². The molecule has 0 saturated carbocycles. The summed E-state index contributed by atoms with van der Waals surface area (Å²) < 4.78 is 29.9. The number of hydrogen-bond donors (Lipinski definition) is 0. The highest BCUT2D eigenvalue weighted by Gasteiger charge is 2.26. The van der Waals surface area contributed by atoms with Crippen LogP contribution in [0.3, 0.4) is 0 Å². The van der Waals surface area contributed by atoms with E-state index in [0.29, 0.717) is 12.2 Å². The van der Waals surface area contributed by atoms with Gasteiger partial charge in [0.15, 0.2) is 14.9 Å². The zero-order valence-corrected chi connectivity index (χ0v) is 13.2.